The fourth-order valence-corrected chi connectivity index (χ4v) is 3.40. The van der Waals surface area contributed by atoms with Crippen molar-refractivity contribution in [1.82, 2.24) is 5.32 Å². The van der Waals surface area contributed by atoms with Crippen LogP contribution in [0.1, 0.15) is 31.7 Å². The summed E-state index contributed by atoms with van der Waals surface area (Å²) in [5.41, 5.74) is 1.66. The molecule has 1 aromatic carbocycles. The molecule has 1 aliphatic rings. The number of benzene rings is 1. The van der Waals surface area contributed by atoms with Gasteiger partial charge in [-0.25, -0.2) is 0 Å². The van der Waals surface area contributed by atoms with E-state index in [1.54, 1.807) is 0 Å². The Balaban J connectivity index is 2.21. The van der Waals surface area contributed by atoms with Gasteiger partial charge >= 0.3 is 0 Å². The lowest BCUT2D eigenvalue weighted by Gasteiger charge is -2.38. The number of nitrogens with one attached hydrogen (secondary N) is 1. The average Bonchev–Trinajstić information content (AvgIpc) is 2.40. The maximum atomic E-state index is 5.55. The van der Waals surface area contributed by atoms with Crippen molar-refractivity contribution in [2.24, 2.45) is 0 Å². The van der Waals surface area contributed by atoms with Crippen molar-refractivity contribution >= 4 is 15.9 Å². The fraction of sp³-hybridized carbons (Fsp3) is 0.600. The summed E-state index contributed by atoms with van der Waals surface area (Å²) in [6, 6.07) is 8.62. The number of hydrogen-bond acceptors (Lipinski definition) is 2. The molecule has 1 N–H and O–H groups in total. The maximum absolute atomic E-state index is 5.55. The van der Waals surface area contributed by atoms with E-state index in [2.05, 4.69) is 52.4 Å². The average molecular weight is 312 g/mol. The first kappa shape index (κ1) is 14.0. The second-order valence-electron chi connectivity index (χ2n) is 5.05. The Morgan fingerprint density at radius 2 is 2.00 bits per heavy atom. The Hall–Kier alpha value is -0.380. The largest absolute Gasteiger partial charge is 0.381 e. The zero-order chi connectivity index (χ0) is 12.8. The van der Waals surface area contributed by atoms with E-state index in [4.69, 9.17) is 4.74 Å². The predicted molar refractivity (Wildman–Crippen MR) is 79.0 cm³/mol. The highest BCUT2D eigenvalue weighted by atomic mass is 79.9. The third kappa shape index (κ3) is 3.14. The molecule has 1 fully saturated rings. The molecule has 1 aliphatic heterocycles. The molecule has 3 heteroatoms. The number of halogens is 1. The lowest BCUT2D eigenvalue weighted by atomic mass is 9.74. The van der Waals surface area contributed by atoms with Crippen LogP contribution in [-0.4, -0.2) is 26.3 Å². The highest BCUT2D eigenvalue weighted by molar-refractivity contribution is 9.10. The van der Waals surface area contributed by atoms with Crippen molar-refractivity contribution in [2.75, 3.05) is 26.3 Å². The van der Waals surface area contributed by atoms with Gasteiger partial charge in [0.25, 0.3) is 0 Å². The van der Waals surface area contributed by atoms with Gasteiger partial charge in [-0.3, -0.25) is 0 Å². The van der Waals surface area contributed by atoms with Gasteiger partial charge in [0, 0.05) is 29.6 Å². The molecular formula is C15H22BrNO. The summed E-state index contributed by atoms with van der Waals surface area (Å²) < 4.78 is 6.78. The summed E-state index contributed by atoms with van der Waals surface area (Å²) in [7, 11) is 0. The van der Waals surface area contributed by atoms with E-state index in [9.17, 15) is 0 Å². The van der Waals surface area contributed by atoms with Crippen LogP contribution in [0.15, 0.2) is 28.7 Å². The molecule has 1 heterocycles. The second kappa shape index (κ2) is 6.69. The minimum Gasteiger partial charge on any atom is -0.381 e. The minimum absolute atomic E-state index is 0.230. The van der Waals surface area contributed by atoms with E-state index in [1.807, 2.05) is 0 Å². The first-order valence-electron chi connectivity index (χ1n) is 6.82. The molecule has 2 nitrogen and oxygen atoms in total. The van der Waals surface area contributed by atoms with Gasteiger partial charge in [-0.15, -0.1) is 0 Å². The van der Waals surface area contributed by atoms with Crippen LogP contribution in [0.4, 0.5) is 0 Å². The summed E-state index contributed by atoms with van der Waals surface area (Å²) >= 11 is 3.71. The summed E-state index contributed by atoms with van der Waals surface area (Å²) in [6.45, 7) is 6.09. The smallest absolute Gasteiger partial charge is 0.0475 e. The molecule has 0 aliphatic carbocycles. The number of ether oxygens (including phenoxy) is 1. The molecule has 0 saturated carbocycles. The van der Waals surface area contributed by atoms with Crippen LogP contribution in [-0.2, 0) is 10.2 Å². The zero-order valence-electron chi connectivity index (χ0n) is 11.0. The molecule has 0 spiro atoms. The lowest BCUT2D eigenvalue weighted by Crippen LogP contribution is -2.43. The van der Waals surface area contributed by atoms with E-state index in [1.165, 1.54) is 16.5 Å². The van der Waals surface area contributed by atoms with E-state index < -0.39 is 0 Å². The first-order chi connectivity index (χ1) is 8.78. The van der Waals surface area contributed by atoms with E-state index in [0.29, 0.717) is 0 Å². The van der Waals surface area contributed by atoms with E-state index >= 15 is 0 Å². The third-order valence-corrected chi connectivity index (χ3v) is 4.48. The summed E-state index contributed by atoms with van der Waals surface area (Å²) in [4.78, 5) is 0. The molecule has 0 amide bonds. The van der Waals surface area contributed by atoms with E-state index in [0.717, 1.165) is 39.1 Å². The van der Waals surface area contributed by atoms with Crippen molar-refractivity contribution in [1.29, 1.82) is 0 Å². The SMILES string of the molecule is CCCNCC1(c2ccccc2Br)CCOCC1. The Kier molecular flexibility index (Phi) is 5.22. The molecular weight excluding hydrogens is 290 g/mol. The second-order valence-corrected chi connectivity index (χ2v) is 5.90. The summed E-state index contributed by atoms with van der Waals surface area (Å²) in [5.74, 6) is 0. The summed E-state index contributed by atoms with van der Waals surface area (Å²) in [5, 5.41) is 3.59. The van der Waals surface area contributed by atoms with Gasteiger partial charge in [0.05, 0.1) is 0 Å². The van der Waals surface area contributed by atoms with Crippen LogP contribution < -0.4 is 5.32 Å². The van der Waals surface area contributed by atoms with Gasteiger partial charge in [0.1, 0.15) is 0 Å². The van der Waals surface area contributed by atoms with Gasteiger partial charge in [-0.05, 0) is 37.4 Å². The maximum Gasteiger partial charge on any atom is 0.0475 e. The Morgan fingerprint density at radius 3 is 2.67 bits per heavy atom. The molecule has 0 unspecified atom stereocenters. The van der Waals surface area contributed by atoms with E-state index in [-0.39, 0.29) is 5.41 Å². The summed E-state index contributed by atoms with van der Waals surface area (Å²) in [6.07, 6.45) is 3.39. The third-order valence-electron chi connectivity index (χ3n) is 3.79. The molecule has 0 radical (unpaired) electrons. The van der Waals surface area contributed by atoms with Crippen molar-refractivity contribution in [3.63, 3.8) is 0 Å². The van der Waals surface area contributed by atoms with Crippen LogP contribution in [0.5, 0.6) is 0 Å². The fourth-order valence-electron chi connectivity index (χ4n) is 2.70. The molecule has 18 heavy (non-hydrogen) atoms. The van der Waals surface area contributed by atoms with Gasteiger partial charge in [0.15, 0.2) is 0 Å². The van der Waals surface area contributed by atoms with Crippen LogP contribution in [0, 0.1) is 0 Å². The molecule has 0 aromatic heterocycles. The first-order valence-corrected chi connectivity index (χ1v) is 7.61. The topological polar surface area (TPSA) is 21.3 Å². The normalized spacial score (nSPS) is 18.8. The van der Waals surface area contributed by atoms with Gasteiger partial charge < -0.3 is 10.1 Å². The van der Waals surface area contributed by atoms with Crippen LogP contribution in [0.3, 0.4) is 0 Å². The zero-order valence-corrected chi connectivity index (χ0v) is 12.6. The van der Waals surface area contributed by atoms with Crippen LogP contribution >= 0.6 is 15.9 Å². The lowest BCUT2D eigenvalue weighted by molar-refractivity contribution is 0.0497. The molecule has 1 saturated heterocycles. The van der Waals surface area contributed by atoms with Gasteiger partial charge in [-0.1, -0.05) is 41.1 Å². The highest BCUT2D eigenvalue weighted by Gasteiger charge is 2.35. The van der Waals surface area contributed by atoms with Crippen LogP contribution in [0.25, 0.3) is 0 Å². The quantitative estimate of drug-likeness (QED) is 0.840. The Morgan fingerprint density at radius 1 is 1.28 bits per heavy atom. The number of hydrogen-bond donors (Lipinski definition) is 1. The Bertz CT molecular complexity index is 375. The van der Waals surface area contributed by atoms with Crippen molar-refractivity contribution < 1.29 is 4.74 Å². The van der Waals surface area contributed by atoms with Crippen molar-refractivity contribution in [3.05, 3.63) is 34.3 Å². The standard InChI is InChI=1S/C15H22BrNO/c1-2-9-17-12-15(7-10-18-11-8-15)13-5-3-4-6-14(13)16/h3-6,17H,2,7-12H2,1H3. The monoisotopic (exact) mass is 311 g/mol. The van der Waals surface area contributed by atoms with Crippen molar-refractivity contribution in [2.45, 2.75) is 31.6 Å². The van der Waals surface area contributed by atoms with Crippen LogP contribution in [0.2, 0.25) is 0 Å². The molecule has 2 rings (SSSR count). The van der Waals surface area contributed by atoms with Gasteiger partial charge in [0.2, 0.25) is 0 Å². The molecule has 0 atom stereocenters. The van der Waals surface area contributed by atoms with Gasteiger partial charge in [-0.2, -0.15) is 0 Å². The molecule has 100 valence electrons. The van der Waals surface area contributed by atoms with Crippen molar-refractivity contribution in [3.8, 4) is 0 Å². The number of rotatable bonds is 5. The molecule has 1 aromatic rings. The predicted octanol–water partition coefficient (Wildman–Crippen LogP) is 3.50. The highest BCUT2D eigenvalue weighted by Crippen LogP contribution is 2.38. The minimum atomic E-state index is 0.230. The Labute approximate surface area is 118 Å². The molecule has 0 bridgehead atoms.